The van der Waals surface area contributed by atoms with Gasteiger partial charge >= 0.3 is 5.97 Å². The summed E-state index contributed by atoms with van der Waals surface area (Å²) in [6.45, 7) is 2.03. The Morgan fingerprint density at radius 2 is 2.15 bits per heavy atom. The molecule has 1 aliphatic carbocycles. The van der Waals surface area contributed by atoms with Crippen molar-refractivity contribution < 1.29 is 9.90 Å². The lowest BCUT2D eigenvalue weighted by atomic mass is 10.0. The molecule has 2 heteroatoms. The number of hydrogen-bond acceptors (Lipinski definition) is 1. The zero-order valence-corrected chi connectivity index (χ0v) is 7.53. The second-order valence-electron chi connectivity index (χ2n) is 3.64. The average molecular weight is 176 g/mol. The van der Waals surface area contributed by atoms with E-state index in [0.29, 0.717) is 0 Å². The van der Waals surface area contributed by atoms with E-state index in [-0.39, 0.29) is 11.8 Å². The van der Waals surface area contributed by atoms with Crippen molar-refractivity contribution in [2.24, 2.45) is 5.92 Å². The second-order valence-corrected chi connectivity index (χ2v) is 3.64. The molecule has 0 unspecified atom stereocenters. The van der Waals surface area contributed by atoms with Crippen molar-refractivity contribution in [2.45, 2.75) is 19.3 Å². The number of hydrogen-bond donors (Lipinski definition) is 1. The summed E-state index contributed by atoms with van der Waals surface area (Å²) in [6.07, 6.45) is 0.806. The summed E-state index contributed by atoms with van der Waals surface area (Å²) in [5, 5.41) is 8.78. The lowest BCUT2D eigenvalue weighted by molar-refractivity contribution is -0.138. The van der Waals surface area contributed by atoms with Crippen LogP contribution in [0, 0.1) is 12.8 Å². The molecule has 68 valence electrons. The maximum Gasteiger partial charge on any atom is 0.307 e. The summed E-state index contributed by atoms with van der Waals surface area (Å²) < 4.78 is 0. The SMILES string of the molecule is Cc1ccccc1[C@H]1C[C@H]1C(=O)O. The number of carbonyl (C=O) groups is 1. The third-order valence-corrected chi connectivity index (χ3v) is 2.70. The van der Waals surface area contributed by atoms with Crippen LogP contribution < -0.4 is 0 Å². The van der Waals surface area contributed by atoms with Crippen LogP contribution in [0.4, 0.5) is 0 Å². The first-order valence-electron chi connectivity index (χ1n) is 4.48. The van der Waals surface area contributed by atoms with Gasteiger partial charge < -0.3 is 5.11 Å². The van der Waals surface area contributed by atoms with Gasteiger partial charge in [-0.05, 0) is 30.4 Å². The Labute approximate surface area is 77.2 Å². The Bertz CT molecular complexity index is 344. The number of aryl methyl sites for hydroxylation is 1. The van der Waals surface area contributed by atoms with Gasteiger partial charge in [-0.2, -0.15) is 0 Å². The molecule has 1 aromatic rings. The van der Waals surface area contributed by atoms with Crippen molar-refractivity contribution >= 4 is 5.97 Å². The number of carboxylic acids is 1. The van der Waals surface area contributed by atoms with Crippen LogP contribution in [0.3, 0.4) is 0 Å². The van der Waals surface area contributed by atoms with Crippen LogP contribution >= 0.6 is 0 Å². The first-order chi connectivity index (χ1) is 6.20. The Kier molecular flexibility index (Phi) is 1.83. The molecule has 0 bridgehead atoms. The van der Waals surface area contributed by atoms with E-state index in [9.17, 15) is 4.79 Å². The summed E-state index contributed by atoms with van der Waals surface area (Å²) >= 11 is 0. The molecular formula is C11H12O2. The monoisotopic (exact) mass is 176 g/mol. The normalized spacial score (nSPS) is 25.6. The quantitative estimate of drug-likeness (QED) is 0.749. The molecule has 0 aromatic heterocycles. The van der Waals surface area contributed by atoms with Gasteiger partial charge in [-0.25, -0.2) is 0 Å². The molecule has 1 saturated carbocycles. The van der Waals surface area contributed by atoms with Crippen LogP contribution in [0.25, 0.3) is 0 Å². The van der Waals surface area contributed by atoms with E-state index in [1.165, 1.54) is 11.1 Å². The third kappa shape index (κ3) is 1.44. The fourth-order valence-corrected chi connectivity index (χ4v) is 1.81. The number of aliphatic carboxylic acids is 1. The molecule has 0 saturated heterocycles. The highest BCUT2D eigenvalue weighted by Crippen LogP contribution is 2.48. The van der Waals surface area contributed by atoms with Gasteiger partial charge in [-0.3, -0.25) is 4.79 Å². The first kappa shape index (κ1) is 8.30. The van der Waals surface area contributed by atoms with Gasteiger partial charge in [0.05, 0.1) is 5.92 Å². The Morgan fingerprint density at radius 3 is 2.69 bits per heavy atom. The van der Waals surface area contributed by atoms with Crippen molar-refractivity contribution in [2.75, 3.05) is 0 Å². The predicted octanol–water partition coefficient (Wildman–Crippen LogP) is 2.18. The van der Waals surface area contributed by atoms with Gasteiger partial charge in [-0.15, -0.1) is 0 Å². The summed E-state index contributed by atoms with van der Waals surface area (Å²) in [5.74, 6) is -0.534. The highest BCUT2D eigenvalue weighted by atomic mass is 16.4. The molecule has 1 N–H and O–H groups in total. The highest BCUT2D eigenvalue weighted by molar-refractivity contribution is 5.75. The van der Waals surface area contributed by atoms with E-state index in [1.54, 1.807) is 0 Å². The molecule has 1 fully saturated rings. The molecule has 2 rings (SSSR count). The molecular weight excluding hydrogens is 164 g/mol. The predicted molar refractivity (Wildman–Crippen MR) is 49.7 cm³/mol. The second kappa shape index (κ2) is 2.87. The fraction of sp³-hybridized carbons (Fsp3) is 0.364. The van der Waals surface area contributed by atoms with Crippen LogP contribution in [0.15, 0.2) is 24.3 Å². The maximum atomic E-state index is 10.7. The van der Waals surface area contributed by atoms with E-state index < -0.39 is 5.97 Å². The van der Waals surface area contributed by atoms with Crippen LogP contribution in [0.1, 0.15) is 23.5 Å². The summed E-state index contributed by atoms with van der Waals surface area (Å²) in [7, 11) is 0. The average Bonchev–Trinajstić information content (AvgIpc) is 2.84. The summed E-state index contributed by atoms with van der Waals surface area (Å²) in [4.78, 5) is 10.7. The Morgan fingerprint density at radius 1 is 1.46 bits per heavy atom. The van der Waals surface area contributed by atoms with E-state index in [0.717, 1.165) is 6.42 Å². The fourth-order valence-electron chi connectivity index (χ4n) is 1.81. The van der Waals surface area contributed by atoms with E-state index in [1.807, 2.05) is 31.2 Å². The Hall–Kier alpha value is -1.31. The highest BCUT2D eigenvalue weighted by Gasteiger charge is 2.44. The van der Waals surface area contributed by atoms with Gasteiger partial charge in [0.2, 0.25) is 0 Å². The minimum Gasteiger partial charge on any atom is -0.481 e. The van der Waals surface area contributed by atoms with Crippen molar-refractivity contribution in [3.63, 3.8) is 0 Å². The minimum atomic E-state index is -0.659. The van der Waals surface area contributed by atoms with Crippen LogP contribution in [-0.2, 0) is 4.79 Å². The smallest absolute Gasteiger partial charge is 0.307 e. The molecule has 0 aliphatic heterocycles. The molecule has 0 radical (unpaired) electrons. The van der Waals surface area contributed by atoms with E-state index in [2.05, 4.69) is 0 Å². The Balaban J connectivity index is 2.21. The van der Waals surface area contributed by atoms with Gasteiger partial charge in [-0.1, -0.05) is 24.3 Å². The minimum absolute atomic E-state index is 0.138. The molecule has 0 amide bonds. The van der Waals surface area contributed by atoms with Crippen LogP contribution in [-0.4, -0.2) is 11.1 Å². The van der Waals surface area contributed by atoms with Crippen LogP contribution in [0.2, 0.25) is 0 Å². The van der Waals surface area contributed by atoms with Gasteiger partial charge in [0.25, 0.3) is 0 Å². The first-order valence-corrected chi connectivity index (χ1v) is 4.48. The van der Waals surface area contributed by atoms with Crippen LogP contribution in [0.5, 0.6) is 0 Å². The molecule has 13 heavy (non-hydrogen) atoms. The van der Waals surface area contributed by atoms with E-state index in [4.69, 9.17) is 5.11 Å². The number of benzene rings is 1. The molecule has 2 nitrogen and oxygen atoms in total. The molecule has 1 aromatic carbocycles. The lowest BCUT2D eigenvalue weighted by Crippen LogP contribution is -1.99. The molecule has 0 heterocycles. The standard InChI is InChI=1S/C11H12O2/c1-7-4-2-3-5-8(7)9-6-10(9)11(12)13/h2-5,9-10H,6H2,1H3,(H,12,13)/t9-,10-/m1/s1. The maximum absolute atomic E-state index is 10.7. The van der Waals surface area contributed by atoms with Gasteiger partial charge in [0, 0.05) is 0 Å². The lowest BCUT2D eigenvalue weighted by Gasteiger charge is -2.02. The summed E-state index contributed by atoms with van der Waals surface area (Å²) in [6, 6.07) is 8.02. The number of rotatable bonds is 2. The molecule has 0 spiro atoms. The van der Waals surface area contributed by atoms with Gasteiger partial charge in [0.1, 0.15) is 0 Å². The zero-order chi connectivity index (χ0) is 9.42. The van der Waals surface area contributed by atoms with Crippen molar-refractivity contribution in [1.29, 1.82) is 0 Å². The summed E-state index contributed by atoms with van der Waals surface area (Å²) in [5.41, 5.74) is 2.41. The largest absolute Gasteiger partial charge is 0.481 e. The topological polar surface area (TPSA) is 37.3 Å². The third-order valence-electron chi connectivity index (χ3n) is 2.70. The van der Waals surface area contributed by atoms with E-state index >= 15 is 0 Å². The van der Waals surface area contributed by atoms with Crippen molar-refractivity contribution in [1.82, 2.24) is 0 Å². The van der Waals surface area contributed by atoms with Crippen molar-refractivity contribution in [3.8, 4) is 0 Å². The number of carboxylic acid groups (broad SMARTS) is 1. The van der Waals surface area contributed by atoms with Gasteiger partial charge in [0.15, 0.2) is 0 Å². The molecule has 1 aliphatic rings. The molecule has 2 atom stereocenters. The zero-order valence-electron chi connectivity index (χ0n) is 7.53. The van der Waals surface area contributed by atoms with Crippen molar-refractivity contribution in [3.05, 3.63) is 35.4 Å².